The molecule has 1 aromatic heterocycles. The number of methoxy groups -OCH3 is 2. The summed E-state index contributed by atoms with van der Waals surface area (Å²) in [4.78, 5) is 13.7. The van der Waals surface area contributed by atoms with Crippen LogP contribution in [0.1, 0.15) is 10.4 Å². The zero-order chi connectivity index (χ0) is 17.8. The molecular weight excluding hydrogens is 327 g/mol. The van der Waals surface area contributed by atoms with Crippen LogP contribution in [0.5, 0.6) is 11.5 Å². The van der Waals surface area contributed by atoms with Gasteiger partial charge in [0.1, 0.15) is 23.9 Å². The Morgan fingerprint density at radius 3 is 2.56 bits per heavy atom. The van der Waals surface area contributed by atoms with Crippen molar-refractivity contribution in [1.82, 2.24) is 20.2 Å². The average molecular weight is 342 g/mol. The van der Waals surface area contributed by atoms with E-state index in [2.05, 4.69) is 15.4 Å². The van der Waals surface area contributed by atoms with Crippen LogP contribution >= 0.6 is 0 Å². The Morgan fingerprint density at radius 2 is 1.88 bits per heavy atom. The molecule has 8 heteroatoms. The number of Topliss-reactive ketones (excluding diaryl/α,β-unsaturated/α-hetero) is 1. The van der Waals surface area contributed by atoms with E-state index in [1.54, 1.807) is 30.3 Å². The average Bonchev–Trinajstić information content (AvgIpc) is 3.10. The van der Waals surface area contributed by atoms with Gasteiger partial charge in [-0.05, 0) is 47.7 Å². The molecule has 0 fully saturated rings. The van der Waals surface area contributed by atoms with Gasteiger partial charge in [0.15, 0.2) is 5.78 Å². The number of carbonyl (C=O) groups excluding carboxylic acids is 1. The molecule has 0 radical (unpaired) electrons. The third-order valence-corrected chi connectivity index (χ3v) is 3.55. The Kier molecular flexibility index (Phi) is 4.69. The number of aromatic nitrogens is 4. The van der Waals surface area contributed by atoms with Crippen LogP contribution < -0.4 is 9.47 Å². The normalized spacial score (nSPS) is 10.5. The maximum Gasteiger partial charge on any atom is 0.204 e. The molecule has 128 valence electrons. The first-order chi connectivity index (χ1) is 12.1. The van der Waals surface area contributed by atoms with Crippen LogP contribution in [-0.2, 0) is 6.54 Å². The molecule has 0 spiro atoms. The predicted molar refractivity (Wildman–Crippen MR) is 87.1 cm³/mol. The van der Waals surface area contributed by atoms with Crippen molar-refractivity contribution in [3.63, 3.8) is 0 Å². The van der Waals surface area contributed by atoms with Gasteiger partial charge in [-0.15, -0.1) is 10.2 Å². The van der Waals surface area contributed by atoms with Crippen LogP contribution in [0.4, 0.5) is 4.39 Å². The second-order valence-corrected chi connectivity index (χ2v) is 5.14. The van der Waals surface area contributed by atoms with Gasteiger partial charge in [-0.1, -0.05) is 0 Å². The number of tetrazole rings is 1. The monoisotopic (exact) mass is 342 g/mol. The van der Waals surface area contributed by atoms with Gasteiger partial charge in [0.2, 0.25) is 5.82 Å². The lowest BCUT2D eigenvalue weighted by Crippen LogP contribution is -2.14. The van der Waals surface area contributed by atoms with Crippen molar-refractivity contribution in [2.75, 3.05) is 14.2 Å². The van der Waals surface area contributed by atoms with Crippen molar-refractivity contribution < 1.29 is 18.7 Å². The first-order valence-corrected chi connectivity index (χ1v) is 7.39. The summed E-state index contributed by atoms with van der Waals surface area (Å²) >= 11 is 0. The molecule has 7 nitrogen and oxygen atoms in total. The summed E-state index contributed by atoms with van der Waals surface area (Å²) in [6, 6.07) is 10.7. The first-order valence-electron chi connectivity index (χ1n) is 7.39. The highest BCUT2D eigenvalue weighted by Crippen LogP contribution is 2.24. The fourth-order valence-corrected chi connectivity index (χ4v) is 2.27. The van der Waals surface area contributed by atoms with Gasteiger partial charge in [0.25, 0.3) is 0 Å². The smallest absolute Gasteiger partial charge is 0.204 e. The topological polar surface area (TPSA) is 79.1 Å². The van der Waals surface area contributed by atoms with E-state index in [9.17, 15) is 9.18 Å². The number of benzene rings is 2. The fourth-order valence-electron chi connectivity index (χ4n) is 2.27. The van der Waals surface area contributed by atoms with Crippen LogP contribution in [0, 0.1) is 5.82 Å². The number of ketones is 1. The molecule has 0 N–H and O–H groups in total. The third-order valence-electron chi connectivity index (χ3n) is 3.55. The SMILES string of the molecule is COc1ccc(OC)c(C(=O)Cn2nnc(-c3ccc(F)cc3)n2)c1. The molecule has 0 bridgehead atoms. The van der Waals surface area contributed by atoms with E-state index >= 15 is 0 Å². The summed E-state index contributed by atoms with van der Waals surface area (Å²) in [6.07, 6.45) is 0. The van der Waals surface area contributed by atoms with E-state index in [0.29, 0.717) is 28.5 Å². The van der Waals surface area contributed by atoms with E-state index in [1.807, 2.05) is 0 Å². The molecule has 1 heterocycles. The lowest BCUT2D eigenvalue weighted by Gasteiger charge is -2.09. The number of hydrogen-bond acceptors (Lipinski definition) is 6. The van der Waals surface area contributed by atoms with Crippen LogP contribution in [0.2, 0.25) is 0 Å². The van der Waals surface area contributed by atoms with Crippen molar-refractivity contribution in [2.24, 2.45) is 0 Å². The largest absolute Gasteiger partial charge is 0.497 e. The predicted octanol–water partition coefficient (Wildman–Crippen LogP) is 2.38. The van der Waals surface area contributed by atoms with Crippen molar-refractivity contribution in [3.05, 3.63) is 53.8 Å². The Labute approximate surface area is 143 Å². The van der Waals surface area contributed by atoms with Crippen LogP contribution in [0.15, 0.2) is 42.5 Å². The summed E-state index contributed by atoms with van der Waals surface area (Å²) in [5.74, 6) is 0.688. The van der Waals surface area contributed by atoms with E-state index in [-0.39, 0.29) is 18.1 Å². The van der Waals surface area contributed by atoms with Crippen molar-refractivity contribution in [1.29, 1.82) is 0 Å². The van der Waals surface area contributed by atoms with Gasteiger partial charge >= 0.3 is 0 Å². The summed E-state index contributed by atoms with van der Waals surface area (Å²) < 4.78 is 23.3. The lowest BCUT2D eigenvalue weighted by molar-refractivity contribution is 0.0958. The summed E-state index contributed by atoms with van der Waals surface area (Å²) in [6.45, 7) is -0.113. The molecule has 0 unspecified atom stereocenters. The summed E-state index contributed by atoms with van der Waals surface area (Å²) in [5.41, 5.74) is 0.974. The van der Waals surface area contributed by atoms with Gasteiger partial charge in [-0.3, -0.25) is 4.79 Å². The molecule has 0 aliphatic carbocycles. The maximum absolute atomic E-state index is 13.0. The number of rotatable bonds is 6. The minimum Gasteiger partial charge on any atom is -0.497 e. The van der Waals surface area contributed by atoms with Crippen molar-refractivity contribution in [3.8, 4) is 22.9 Å². The Bertz CT molecular complexity index is 893. The number of halogens is 1. The highest BCUT2D eigenvalue weighted by Gasteiger charge is 2.16. The first kappa shape index (κ1) is 16.6. The second kappa shape index (κ2) is 7.08. The number of nitrogens with zero attached hydrogens (tertiary/aromatic N) is 4. The van der Waals surface area contributed by atoms with E-state index in [1.165, 1.54) is 31.1 Å². The van der Waals surface area contributed by atoms with Gasteiger partial charge in [0.05, 0.1) is 19.8 Å². The zero-order valence-electron chi connectivity index (χ0n) is 13.6. The number of ether oxygens (including phenoxy) is 2. The molecule has 0 atom stereocenters. The highest BCUT2D eigenvalue weighted by atomic mass is 19.1. The minimum absolute atomic E-state index is 0.113. The van der Waals surface area contributed by atoms with Crippen LogP contribution in [-0.4, -0.2) is 40.2 Å². The maximum atomic E-state index is 13.0. The highest BCUT2D eigenvalue weighted by molar-refractivity contribution is 5.98. The van der Waals surface area contributed by atoms with Crippen molar-refractivity contribution >= 4 is 5.78 Å². The third kappa shape index (κ3) is 3.63. The molecule has 0 saturated heterocycles. The molecule has 3 rings (SSSR count). The molecule has 0 aliphatic rings. The molecule has 0 amide bonds. The van der Waals surface area contributed by atoms with Gasteiger partial charge in [-0.2, -0.15) is 4.80 Å². The second-order valence-electron chi connectivity index (χ2n) is 5.14. The Morgan fingerprint density at radius 1 is 1.12 bits per heavy atom. The molecule has 3 aromatic rings. The molecule has 0 saturated carbocycles. The molecule has 25 heavy (non-hydrogen) atoms. The fraction of sp³-hybridized carbons (Fsp3) is 0.176. The van der Waals surface area contributed by atoms with Gasteiger partial charge < -0.3 is 9.47 Å². The summed E-state index contributed by atoms with van der Waals surface area (Å²) in [7, 11) is 3.00. The standard InChI is InChI=1S/C17H15FN4O3/c1-24-13-7-8-16(25-2)14(9-13)15(23)10-22-20-17(19-21-22)11-3-5-12(18)6-4-11/h3-9H,10H2,1-2H3. The van der Waals surface area contributed by atoms with Crippen LogP contribution in [0.3, 0.4) is 0 Å². The van der Waals surface area contributed by atoms with E-state index in [4.69, 9.17) is 9.47 Å². The molecule has 2 aromatic carbocycles. The summed E-state index contributed by atoms with van der Waals surface area (Å²) in [5, 5.41) is 11.9. The van der Waals surface area contributed by atoms with Gasteiger partial charge in [0, 0.05) is 5.56 Å². The van der Waals surface area contributed by atoms with Crippen molar-refractivity contribution in [2.45, 2.75) is 6.54 Å². The van der Waals surface area contributed by atoms with Crippen LogP contribution in [0.25, 0.3) is 11.4 Å². The van der Waals surface area contributed by atoms with E-state index < -0.39 is 0 Å². The Balaban J connectivity index is 1.81. The van der Waals surface area contributed by atoms with Gasteiger partial charge in [-0.25, -0.2) is 4.39 Å². The minimum atomic E-state index is -0.351. The quantitative estimate of drug-likeness (QED) is 0.640. The Hall–Kier alpha value is -3.29. The zero-order valence-corrected chi connectivity index (χ0v) is 13.6. The number of carbonyl (C=O) groups is 1. The van der Waals surface area contributed by atoms with E-state index in [0.717, 1.165) is 0 Å². The number of hydrogen-bond donors (Lipinski definition) is 0. The lowest BCUT2D eigenvalue weighted by atomic mass is 10.1. The molecule has 0 aliphatic heterocycles. The molecular formula is C17H15FN4O3.